The van der Waals surface area contributed by atoms with Gasteiger partial charge in [0.15, 0.2) is 5.82 Å². The summed E-state index contributed by atoms with van der Waals surface area (Å²) in [4.78, 5) is 7.81. The molecule has 0 bridgehead atoms. The van der Waals surface area contributed by atoms with Gasteiger partial charge in [0, 0.05) is 12.4 Å². The summed E-state index contributed by atoms with van der Waals surface area (Å²) in [5.74, 6) is 5.44. The maximum absolute atomic E-state index is 9.87. The predicted octanol–water partition coefficient (Wildman–Crippen LogP) is 0.873. The van der Waals surface area contributed by atoms with Crippen molar-refractivity contribution in [1.82, 2.24) is 9.97 Å². The lowest BCUT2D eigenvalue weighted by Crippen LogP contribution is -2.23. The minimum absolute atomic E-state index is 0.249. The van der Waals surface area contributed by atoms with E-state index in [0.717, 1.165) is 0 Å². The van der Waals surface area contributed by atoms with E-state index in [9.17, 15) is 5.11 Å². The average molecular weight is 174 g/mol. The Hall–Kier alpha value is -1.66. The third-order valence-corrected chi connectivity index (χ3v) is 1.52. The van der Waals surface area contributed by atoms with Crippen molar-refractivity contribution in [3.63, 3.8) is 0 Å². The SMILES string of the molecule is C=C[C@](O)(C#CC)c1ncccn1. The Labute approximate surface area is 77.2 Å². The first kappa shape index (κ1) is 9.43. The molecule has 1 atom stereocenters. The minimum Gasteiger partial charge on any atom is -0.368 e. The van der Waals surface area contributed by atoms with Crippen molar-refractivity contribution in [1.29, 1.82) is 0 Å². The van der Waals surface area contributed by atoms with E-state index in [1.807, 2.05) is 0 Å². The Morgan fingerprint density at radius 2 is 2.15 bits per heavy atom. The van der Waals surface area contributed by atoms with Crippen LogP contribution in [0.4, 0.5) is 0 Å². The molecule has 13 heavy (non-hydrogen) atoms. The molecular formula is C10H10N2O. The molecule has 1 rings (SSSR count). The second-order valence-corrected chi connectivity index (χ2v) is 2.42. The highest BCUT2D eigenvalue weighted by atomic mass is 16.3. The van der Waals surface area contributed by atoms with E-state index in [-0.39, 0.29) is 5.82 Å². The molecule has 66 valence electrons. The van der Waals surface area contributed by atoms with Crippen molar-refractivity contribution < 1.29 is 5.11 Å². The lowest BCUT2D eigenvalue weighted by atomic mass is 10.0. The first-order valence-electron chi connectivity index (χ1n) is 3.80. The molecular weight excluding hydrogens is 164 g/mol. The minimum atomic E-state index is -1.43. The summed E-state index contributed by atoms with van der Waals surface area (Å²) < 4.78 is 0. The molecule has 0 fully saturated rings. The van der Waals surface area contributed by atoms with Crippen LogP contribution in [-0.2, 0) is 5.60 Å². The van der Waals surface area contributed by atoms with Gasteiger partial charge in [-0.05, 0) is 19.1 Å². The van der Waals surface area contributed by atoms with Crippen molar-refractivity contribution >= 4 is 0 Å². The normalized spacial score (nSPS) is 13.7. The van der Waals surface area contributed by atoms with Crippen molar-refractivity contribution in [3.05, 3.63) is 36.9 Å². The molecule has 0 aliphatic rings. The highest BCUT2D eigenvalue weighted by Crippen LogP contribution is 2.15. The number of aromatic nitrogens is 2. The third-order valence-electron chi connectivity index (χ3n) is 1.52. The summed E-state index contributed by atoms with van der Waals surface area (Å²) >= 11 is 0. The molecule has 1 N–H and O–H groups in total. The van der Waals surface area contributed by atoms with E-state index < -0.39 is 5.60 Å². The van der Waals surface area contributed by atoms with Crippen molar-refractivity contribution in [2.75, 3.05) is 0 Å². The molecule has 1 aromatic rings. The first-order valence-corrected chi connectivity index (χ1v) is 3.80. The Bertz CT molecular complexity index is 350. The van der Waals surface area contributed by atoms with E-state index in [2.05, 4.69) is 28.4 Å². The van der Waals surface area contributed by atoms with E-state index in [4.69, 9.17) is 0 Å². The van der Waals surface area contributed by atoms with Crippen molar-refractivity contribution in [2.24, 2.45) is 0 Å². The fraction of sp³-hybridized carbons (Fsp3) is 0.200. The van der Waals surface area contributed by atoms with Crippen LogP contribution in [-0.4, -0.2) is 15.1 Å². The number of hydrogen-bond donors (Lipinski definition) is 1. The topological polar surface area (TPSA) is 46.0 Å². The Balaban J connectivity index is 3.15. The van der Waals surface area contributed by atoms with E-state index in [1.54, 1.807) is 25.4 Å². The zero-order valence-corrected chi connectivity index (χ0v) is 7.36. The second kappa shape index (κ2) is 3.83. The van der Waals surface area contributed by atoms with Crippen LogP contribution in [0.15, 0.2) is 31.1 Å². The van der Waals surface area contributed by atoms with Gasteiger partial charge >= 0.3 is 0 Å². The molecule has 0 radical (unpaired) electrons. The predicted molar refractivity (Wildman–Crippen MR) is 49.6 cm³/mol. The second-order valence-electron chi connectivity index (χ2n) is 2.42. The fourth-order valence-electron chi connectivity index (χ4n) is 0.885. The van der Waals surface area contributed by atoms with Crippen LogP contribution in [0.5, 0.6) is 0 Å². The largest absolute Gasteiger partial charge is 0.368 e. The van der Waals surface area contributed by atoms with E-state index in [0.29, 0.717) is 0 Å². The number of rotatable bonds is 2. The van der Waals surface area contributed by atoms with E-state index in [1.165, 1.54) is 6.08 Å². The lowest BCUT2D eigenvalue weighted by molar-refractivity contribution is 0.144. The molecule has 0 spiro atoms. The van der Waals surface area contributed by atoms with Gasteiger partial charge in [-0.2, -0.15) is 0 Å². The quantitative estimate of drug-likeness (QED) is 0.534. The number of hydrogen-bond acceptors (Lipinski definition) is 3. The van der Waals surface area contributed by atoms with E-state index >= 15 is 0 Å². The van der Waals surface area contributed by atoms with Gasteiger partial charge in [0.1, 0.15) is 0 Å². The molecule has 0 saturated carbocycles. The summed E-state index contributed by atoms with van der Waals surface area (Å²) in [7, 11) is 0. The van der Waals surface area contributed by atoms with Gasteiger partial charge in [-0.15, -0.1) is 5.92 Å². The zero-order chi connectivity index (χ0) is 9.73. The van der Waals surface area contributed by atoms with Crippen LogP contribution in [0.2, 0.25) is 0 Å². The molecule has 3 nitrogen and oxygen atoms in total. The zero-order valence-electron chi connectivity index (χ0n) is 7.36. The van der Waals surface area contributed by atoms with Gasteiger partial charge in [0.25, 0.3) is 0 Å². The monoisotopic (exact) mass is 174 g/mol. The summed E-state index contributed by atoms with van der Waals surface area (Å²) in [5.41, 5.74) is -1.43. The van der Waals surface area contributed by atoms with Crippen LogP contribution < -0.4 is 0 Å². The highest BCUT2D eigenvalue weighted by Gasteiger charge is 2.25. The maximum atomic E-state index is 9.87. The van der Waals surface area contributed by atoms with Gasteiger partial charge in [0.05, 0.1) is 0 Å². The molecule has 0 aliphatic heterocycles. The Morgan fingerprint density at radius 3 is 2.62 bits per heavy atom. The average Bonchev–Trinajstić information content (AvgIpc) is 2.19. The van der Waals surface area contributed by atoms with Gasteiger partial charge in [0.2, 0.25) is 5.60 Å². The van der Waals surface area contributed by atoms with Crippen LogP contribution in [0.1, 0.15) is 12.7 Å². The Kier molecular flexibility index (Phi) is 2.78. The molecule has 0 aliphatic carbocycles. The summed E-state index contributed by atoms with van der Waals surface area (Å²) in [6.07, 6.45) is 4.42. The van der Waals surface area contributed by atoms with Crippen LogP contribution in [0, 0.1) is 11.8 Å². The third kappa shape index (κ3) is 1.92. The molecule has 0 saturated heterocycles. The molecule has 1 heterocycles. The van der Waals surface area contributed by atoms with Crippen LogP contribution in [0.25, 0.3) is 0 Å². The lowest BCUT2D eigenvalue weighted by Gasteiger charge is -2.14. The standard InChI is InChI=1S/C10H10N2O/c1-3-6-10(13,4-2)9-11-7-5-8-12-9/h4-5,7-8,13H,2H2,1H3/t10-/m0/s1. The summed E-state index contributed by atoms with van der Waals surface area (Å²) in [5, 5.41) is 9.87. The first-order chi connectivity index (χ1) is 6.23. The van der Waals surface area contributed by atoms with Crippen LogP contribution >= 0.6 is 0 Å². The van der Waals surface area contributed by atoms with Gasteiger partial charge < -0.3 is 5.11 Å². The van der Waals surface area contributed by atoms with Gasteiger partial charge in [-0.25, -0.2) is 9.97 Å². The van der Waals surface area contributed by atoms with Crippen molar-refractivity contribution in [3.8, 4) is 11.8 Å². The molecule has 1 aromatic heterocycles. The van der Waals surface area contributed by atoms with Gasteiger partial charge in [-0.3, -0.25) is 0 Å². The maximum Gasteiger partial charge on any atom is 0.204 e. The highest BCUT2D eigenvalue weighted by molar-refractivity contribution is 5.27. The molecule has 0 unspecified atom stereocenters. The number of nitrogens with zero attached hydrogens (tertiary/aromatic N) is 2. The smallest absolute Gasteiger partial charge is 0.204 e. The summed E-state index contributed by atoms with van der Waals surface area (Å²) in [6.45, 7) is 5.13. The Morgan fingerprint density at radius 1 is 1.54 bits per heavy atom. The number of aliphatic hydroxyl groups is 1. The molecule has 0 amide bonds. The summed E-state index contributed by atoms with van der Waals surface area (Å²) in [6, 6.07) is 1.67. The molecule has 0 aromatic carbocycles. The van der Waals surface area contributed by atoms with Crippen molar-refractivity contribution in [2.45, 2.75) is 12.5 Å². The van der Waals surface area contributed by atoms with Gasteiger partial charge in [-0.1, -0.05) is 12.5 Å². The molecule has 3 heteroatoms. The van der Waals surface area contributed by atoms with Crippen LogP contribution in [0.3, 0.4) is 0 Å². The fourth-order valence-corrected chi connectivity index (χ4v) is 0.885.